The highest BCUT2D eigenvalue weighted by Gasteiger charge is 2.28. The minimum atomic E-state index is -0.706. The van der Waals surface area contributed by atoms with Crippen LogP contribution in [0.1, 0.15) is 29.8 Å². The van der Waals surface area contributed by atoms with Crippen LogP contribution in [0.25, 0.3) is 0 Å². The molecule has 0 bridgehead atoms. The first-order chi connectivity index (χ1) is 10.1. The molecule has 2 aromatic carbocycles. The van der Waals surface area contributed by atoms with Gasteiger partial charge in [-0.1, -0.05) is 6.07 Å². The third-order valence-corrected chi connectivity index (χ3v) is 3.63. The van der Waals surface area contributed by atoms with E-state index in [2.05, 4.69) is 0 Å². The molecular weight excluding hydrogens is 275 g/mol. The predicted molar refractivity (Wildman–Crippen MR) is 74.0 cm³/mol. The fraction of sp³-hybridized carbons (Fsp3) is 0.250. The number of aliphatic hydroxyl groups excluding tert-OH is 1. The van der Waals surface area contributed by atoms with Gasteiger partial charge in [0.2, 0.25) is 0 Å². The van der Waals surface area contributed by atoms with E-state index < -0.39 is 23.8 Å². The average Bonchev–Trinajstić information content (AvgIpc) is 2.49. The first kappa shape index (κ1) is 13.7. The predicted octanol–water partition coefficient (Wildman–Crippen LogP) is 3.10. The van der Waals surface area contributed by atoms with E-state index in [1.807, 2.05) is 0 Å². The van der Waals surface area contributed by atoms with Gasteiger partial charge in [0, 0.05) is 18.1 Å². The summed E-state index contributed by atoms with van der Waals surface area (Å²) in [7, 11) is 1.55. The average molecular weight is 290 g/mol. The minimum absolute atomic E-state index is 0.323. The van der Waals surface area contributed by atoms with Crippen molar-refractivity contribution in [3.8, 4) is 17.2 Å². The zero-order valence-corrected chi connectivity index (χ0v) is 11.4. The second-order valence-electron chi connectivity index (χ2n) is 4.97. The van der Waals surface area contributed by atoms with Gasteiger partial charge in [0.15, 0.2) is 11.6 Å². The molecule has 0 radical (unpaired) electrons. The molecule has 0 amide bonds. The molecule has 3 rings (SSSR count). The van der Waals surface area contributed by atoms with Crippen molar-refractivity contribution in [3.63, 3.8) is 0 Å². The summed E-state index contributed by atoms with van der Waals surface area (Å²) in [5.74, 6) is 0.0317. The maximum absolute atomic E-state index is 13.5. The van der Waals surface area contributed by atoms with Gasteiger partial charge in [-0.2, -0.15) is 0 Å². The molecule has 1 heterocycles. The number of methoxy groups -OCH3 is 1. The molecule has 4 nitrogen and oxygen atoms in total. The maximum Gasteiger partial charge on any atom is 0.165 e. The number of rotatable bonds is 2. The summed E-state index contributed by atoms with van der Waals surface area (Å²) in [4.78, 5) is 0. The third-order valence-electron chi connectivity index (χ3n) is 3.63. The van der Waals surface area contributed by atoms with Crippen LogP contribution in [0.2, 0.25) is 0 Å². The summed E-state index contributed by atoms with van der Waals surface area (Å²) in [6, 6.07) is 9.29. The topological polar surface area (TPSA) is 58.9 Å². The molecule has 1 aliphatic rings. The van der Waals surface area contributed by atoms with Crippen molar-refractivity contribution in [1.29, 1.82) is 0 Å². The highest BCUT2D eigenvalue weighted by molar-refractivity contribution is 5.44. The van der Waals surface area contributed by atoms with E-state index in [1.54, 1.807) is 31.4 Å². The molecule has 110 valence electrons. The lowest BCUT2D eigenvalue weighted by atomic mass is 9.95. The van der Waals surface area contributed by atoms with Crippen molar-refractivity contribution in [2.45, 2.75) is 18.6 Å². The molecule has 0 aromatic heterocycles. The Kier molecular flexibility index (Phi) is 3.43. The molecule has 2 aromatic rings. The molecular formula is C16H15FO4. The van der Waals surface area contributed by atoms with Crippen molar-refractivity contribution in [2.75, 3.05) is 7.11 Å². The van der Waals surface area contributed by atoms with Gasteiger partial charge in [0.05, 0.1) is 13.2 Å². The lowest BCUT2D eigenvalue weighted by Crippen LogP contribution is -2.19. The van der Waals surface area contributed by atoms with Gasteiger partial charge < -0.3 is 19.7 Å². The molecule has 0 saturated carbocycles. The van der Waals surface area contributed by atoms with E-state index in [1.165, 1.54) is 12.1 Å². The Morgan fingerprint density at radius 1 is 1.24 bits per heavy atom. The number of benzene rings is 2. The van der Waals surface area contributed by atoms with Gasteiger partial charge >= 0.3 is 0 Å². The Hall–Kier alpha value is -2.27. The first-order valence-electron chi connectivity index (χ1n) is 6.59. The molecule has 0 aliphatic carbocycles. The van der Waals surface area contributed by atoms with Crippen LogP contribution < -0.4 is 9.47 Å². The quantitative estimate of drug-likeness (QED) is 0.892. The number of phenols is 1. The maximum atomic E-state index is 13.5. The van der Waals surface area contributed by atoms with Gasteiger partial charge in [0.1, 0.15) is 17.6 Å². The van der Waals surface area contributed by atoms with Gasteiger partial charge in [0.25, 0.3) is 0 Å². The van der Waals surface area contributed by atoms with E-state index >= 15 is 0 Å². The highest BCUT2D eigenvalue weighted by Crippen LogP contribution is 2.42. The van der Waals surface area contributed by atoms with Crippen LogP contribution in [0.5, 0.6) is 17.2 Å². The fourth-order valence-electron chi connectivity index (χ4n) is 2.48. The van der Waals surface area contributed by atoms with E-state index in [0.717, 1.165) is 0 Å². The van der Waals surface area contributed by atoms with E-state index in [4.69, 9.17) is 9.47 Å². The van der Waals surface area contributed by atoms with Crippen molar-refractivity contribution in [3.05, 3.63) is 53.3 Å². The largest absolute Gasteiger partial charge is 0.505 e. The zero-order valence-electron chi connectivity index (χ0n) is 11.4. The lowest BCUT2D eigenvalue weighted by Gasteiger charge is -2.30. The highest BCUT2D eigenvalue weighted by atomic mass is 19.1. The third kappa shape index (κ3) is 2.52. The summed E-state index contributed by atoms with van der Waals surface area (Å²) in [5, 5.41) is 19.5. The van der Waals surface area contributed by atoms with Crippen LogP contribution >= 0.6 is 0 Å². The second-order valence-corrected chi connectivity index (χ2v) is 4.97. The molecule has 21 heavy (non-hydrogen) atoms. The lowest BCUT2D eigenvalue weighted by molar-refractivity contribution is 0.0653. The van der Waals surface area contributed by atoms with Gasteiger partial charge in [-0.3, -0.25) is 0 Å². The van der Waals surface area contributed by atoms with Gasteiger partial charge in [-0.15, -0.1) is 0 Å². The van der Waals surface area contributed by atoms with Gasteiger partial charge in [-0.05, 0) is 29.8 Å². The summed E-state index contributed by atoms with van der Waals surface area (Å²) in [5.41, 5.74) is 1.25. The number of hydrogen-bond acceptors (Lipinski definition) is 4. The Bertz CT molecular complexity index is 671. The summed E-state index contributed by atoms with van der Waals surface area (Å²) >= 11 is 0. The minimum Gasteiger partial charge on any atom is -0.505 e. The Morgan fingerprint density at radius 2 is 2.05 bits per heavy atom. The smallest absolute Gasteiger partial charge is 0.165 e. The molecule has 0 spiro atoms. The van der Waals surface area contributed by atoms with Gasteiger partial charge in [-0.25, -0.2) is 4.39 Å². The van der Waals surface area contributed by atoms with Crippen LogP contribution in [0.15, 0.2) is 36.4 Å². The molecule has 1 unspecified atom stereocenters. The zero-order chi connectivity index (χ0) is 15.0. The van der Waals surface area contributed by atoms with E-state index in [9.17, 15) is 14.6 Å². The van der Waals surface area contributed by atoms with E-state index in [-0.39, 0.29) is 0 Å². The van der Waals surface area contributed by atoms with Crippen LogP contribution in [-0.4, -0.2) is 17.3 Å². The number of aromatic hydroxyl groups is 1. The first-order valence-corrected chi connectivity index (χ1v) is 6.59. The molecule has 0 fully saturated rings. The number of ether oxygens (including phenoxy) is 2. The second kappa shape index (κ2) is 5.26. The van der Waals surface area contributed by atoms with E-state index in [0.29, 0.717) is 29.0 Å². The van der Waals surface area contributed by atoms with Crippen molar-refractivity contribution in [2.24, 2.45) is 0 Å². The molecule has 2 N–H and O–H groups in total. The number of hydrogen-bond donors (Lipinski definition) is 2. The summed E-state index contributed by atoms with van der Waals surface area (Å²) in [6.45, 7) is 0. The number of halogens is 1. The Morgan fingerprint density at radius 3 is 2.76 bits per heavy atom. The van der Waals surface area contributed by atoms with Crippen molar-refractivity contribution < 1.29 is 24.1 Å². The van der Waals surface area contributed by atoms with Crippen molar-refractivity contribution >= 4 is 0 Å². The van der Waals surface area contributed by atoms with Crippen LogP contribution in [-0.2, 0) is 0 Å². The normalized spacial score (nSPS) is 20.5. The number of aliphatic hydroxyl groups is 1. The molecule has 2 atom stereocenters. The monoisotopic (exact) mass is 290 g/mol. The Balaban J connectivity index is 1.94. The standard InChI is InChI=1S/C16H15FO4/c1-20-10-3-4-11-14(19)8-15(21-16(11)7-10)9-2-5-13(18)12(17)6-9/h2-7,14-15,18-19H,8H2,1H3/t14-,15?/m0/s1. The number of fused-ring (bicyclic) bond motifs is 1. The summed E-state index contributed by atoms with van der Waals surface area (Å²) in [6.07, 6.45) is -0.847. The summed E-state index contributed by atoms with van der Waals surface area (Å²) < 4.78 is 24.4. The molecule has 1 aliphatic heterocycles. The SMILES string of the molecule is COc1ccc2c(c1)OC(c1ccc(O)c(F)c1)C[C@@H]2O. The number of phenolic OH excluding ortho intramolecular Hbond substituents is 1. The fourth-order valence-corrected chi connectivity index (χ4v) is 2.48. The van der Waals surface area contributed by atoms with Crippen LogP contribution in [0, 0.1) is 5.82 Å². The van der Waals surface area contributed by atoms with Crippen LogP contribution in [0.3, 0.4) is 0 Å². The van der Waals surface area contributed by atoms with Crippen LogP contribution in [0.4, 0.5) is 4.39 Å². The van der Waals surface area contributed by atoms with Crippen molar-refractivity contribution in [1.82, 2.24) is 0 Å². The Labute approximate surface area is 121 Å². The molecule has 5 heteroatoms. The molecule has 0 saturated heterocycles.